The molecular formula is C11H8Br2Cl2N2. The highest BCUT2D eigenvalue weighted by Gasteiger charge is 2.22. The summed E-state index contributed by atoms with van der Waals surface area (Å²) in [5.74, 6) is 0.514. The minimum absolute atomic E-state index is 0.403. The average Bonchev–Trinajstić information content (AvgIpc) is 2.17. The van der Waals surface area contributed by atoms with Gasteiger partial charge in [0.15, 0.2) is 5.82 Å². The number of fused-ring (bicyclic) bond motifs is 1. The van der Waals surface area contributed by atoms with Gasteiger partial charge in [0.1, 0.15) is 5.15 Å². The lowest BCUT2D eigenvalue weighted by Crippen LogP contribution is -2.13. The number of rotatable bonds is 1. The summed E-state index contributed by atoms with van der Waals surface area (Å²) in [6, 6.07) is 3.80. The average molecular weight is 399 g/mol. The van der Waals surface area contributed by atoms with Gasteiger partial charge < -0.3 is 0 Å². The molecule has 0 aliphatic rings. The molecule has 6 heteroatoms. The third-order valence-electron chi connectivity index (χ3n) is 2.20. The van der Waals surface area contributed by atoms with Crippen LogP contribution in [0.5, 0.6) is 0 Å². The molecule has 0 saturated heterocycles. The Kier molecular flexibility index (Phi) is 3.70. The summed E-state index contributed by atoms with van der Waals surface area (Å²) in [4.78, 5) is 8.04. The van der Waals surface area contributed by atoms with E-state index in [2.05, 4.69) is 41.8 Å². The quantitative estimate of drug-likeness (QED) is 0.482. The normalized spacial score (nSPS) is 12.1. The smallest absolute Gasteiger partial charge is 0.151 e. The number of hydrogen-bond acceptors (Lipinski definition) is 2. The van der Waals surface area contributed by atoms with Crippen molar-refractivity contribution in [3.05, 3.63) is 32.1 Å². The number of alkyl halides is 1. The Morgan fingerprint density at radius 1 is 1.18 bits per heavy atom. The van der Waals surface area contributed by atoms with Gasteiger partial charge in [-0.05, 0) is 41.9 Å². The van der Waals surface area contributed by atoms with Crippen molar-refractivity contribution in [1.82, 2.24) is 9.97 Å². The van der Waals surface area contributed by atoms with Crippen LogP contribution >= 0.6 is 55.1 Å². The molecule has 0 radical (unpaired) electrons. The van der Waals surface area contributed by atoms with Gasteiger partial charge in [-0.3, -0.25) is 0 Å². The topological polar surface area (TPSA) is 25.8 Å². The van der Waals surface area contributed by atoms with Gasteiger partial charge >= 0.3 is 0 Å². The maximum absolute atomic E-state index is 6.21. The lowest BCUT2D eigenvalue weighted by atomic mass is 10.2. The van der Waals surface area contributed by atoms with Gasteiger partial charge in [-0.15, -0.1) is 11.6 Å². The predicted octanol–water partition coefficient (Wildman–Crippen LogP) is 5.28. The molecule has 1 aromatic heterocycles. The molecule has 0 bridgehead atoms. The van der Waals surface area contributed by atoms with Gasteiger partial charge in [0, 0.05) is 14.3 Å². The number of halogens is 4. The number of nitrogens with zero attached hydrogens (tertiary/aromatic N) is 2. The Morgan fingerprint density at radius 3 is 2.41 bits per heavy atom. The third kappa shape index (κ3) is 2.75. The molecule has 1 heterocycles. The highest BCUT2D eigenvalue weighted by molar-refractivity contribution is 9.11. The second-order valence-electron chi connectivity index (χ2n) is 4.09. The maximum Gasteiger partial charge on any atom is 0.151 e. The molecule has 0 aliphatic heterocycles. The van der Waals surface area contributed by atoms with Gasteiger partial charge in [0.25, 0.3) is 0 Å². The van der Waals surface area contributed by atoms with Crippen molar-refractivity contribution in [2.24, 2.45) is 0 Å². The molecule has 2 aromatic rings. The van der Waals surface area contributed by atoms with E-state index in [0.29, 0.717) is 11.0 Å². The third-order valence-corrected chi connectivity index (χ3v) is 3.72. The molecule has 0 spiro atoms. The molecule has 0 saturated carbocycles. The molecule has 90 valence electrons. The SMILES string of the molecule is CC(C)(Cl)c1nc(Cl)c2cc(Br)cc(Br)c2n1. The van der Waals surface area contributed by atoms with Crippen LogP contribution in [-0.2, 0) is 4.87 Å². The second-order valence-corrected chi connectivity index (χ2v) is 7.17. The van der Waals surface area contributed by atoms with Crippen molar-refractivity contribution in [2.45, 2.75) is 18.7 Å². The maximum atomic E-state index is 6.21. The van der Waals surface area contributed by atoms with Crippen molar-refractivity contribution in [2.75, 3.05) is 0 Å². The van der Waals surface area contributed by atoms with E-state index in [1.807, 2.05) is 26.0 Å². The minimum atomic E-state index is -0.648. The number of hydrogen-bond donors (Lipinski definition) is 0. The van der Waals surface area contributed by atoms with Crippen LogP contribution in [0.4, 0.5) is 0 Å². The van der Waals surface area contributed by atoms with E-state index in [9.17, 15) is 0 Å². The van der Waals surface area contributed by atoms with Crippen LogP contribution in [0.1, 0.15) is 19.7 Å². The highest BCUT2D eigenvalue weighted by Crippen LogP contribution is 2.33. The van der Waals surface area contributed by atoms with E-state index in [-0.39, 0.29) is 0 Å². The van der Waals surface area contributed by atoms with E-state index in [1.54, 1.807) is 0 Å². The van der Waals surface area contributed by atoms with Gasteiger partial charge in [0.05, 0.1) is 10.4 Å². The molecular weight excluding hydrogens is 391 g/mol. The summed E-state index contributed by atoms with van der Waals surface area (Å²) in [6.07, 6.45) is 0. The van der Waals surface area contributed by atoms with Gasteiger partial charge in [-0.25, -0.2) is 9.97 Å². The number of benzene rings is 1. The Morgan fingerprint density at radius 2 is 1.82 bits per heavy atom. The number of aromatic nitrogens is 2. The molecule has 0 atom stereocenters. The summed E-state index contributed by atoms with van der Waals surface area (Å²) < 4.78 is 1.77. The molecule has 2 rings (SSSR count). The van der Waals surface area contributed by atoms with Crippen LogP contribution in [0, 0.1) is 0 Å². The van der Waals surface area contributed by atoms with E-state index in [0.717, 1.165) is 19.8 Å². The Balaban J connectivity index is 2.83. The van der Waals surface area contributed by atoms with E-state index in [4.69, 9.17) is 23.2 Å². The second kappa shape index (κ2) is 4.65. The molecule has 0 aliphatic carbocycles. The van der Waals surface area contributed by atoms with Crippen LogP contribution in [-0.4, -0.2) is 9.97 Å². The van der Waals surface area contributed by atoms with Crippen molar-refractivity contribution in [3.63, 3.8) is 0 Å². The van der Waals surface area contributed by atoms with Crippen LogP contribution in [0.15, 0.2) is 21.1 Å². The first kappa shape index (κ1) is 13.5. The zero-order valence-electron chi connectivity index (χ0n) is 9.06. The van der Waals surface area contributed by atoms with Crippen LogP contribution in [0.25, 0.3) is 10.9 Å². The van der Waals surface area contributed by atoms with E-state index < -0.39 is 4.87 Å². The van der Waals surface area contributed by atoms with Crippen molar-refractivity contribution < 1.29 is 0 Å². The first-order chi connectivity index (χ1) is 7.79. The van der Waals surface area contributed by atoms with Crippen LogP contribution in [0.2, 0.25) is 5.15 Å². The van der Waals surface area contributed by atoms with Crippen LogP contribution in [0.3, 0.4) is 0 Å². The Labute approximate surface area is 126 Å². The summed E-state index contributed by atoms with van der Waals surface area (Å²) in [5.41, 5.74) is 0.761. The summed E-state index contributed by atoms with van der Waals surface area (Å²) >= 11 is 19.2. The minimum Gasteiger partial charge on any atom is -0.230 e. The van der Waals surface area contributed by atoms with Crippen LogP contribution < -0.4 is 0 Å². The monoisotopic (exact) mass is 396 g/mol. The largest absolute Gasteiger partial charge is 0.230 e. The van der Waals surface area contributed by atoms with Crippen molar-refractivity contribution in [1.29, 1.82) is 0 Å². The lowest BCUT2D eigenvalue weighted by Gasteiger charge is -2.15. The first-order valence-electron chi connectivity index (χ1n) is 4.81. The van der Waals surface area contributed by atoms with E-state index >= 15 is 0 Å². The Hall–Kier alpha value is 0.1000. The summed E-state index contributed by atoms with van der Waals surface area (Å²) in [5, 5.41) is 1.19. The van der Waals surface area contributed by atoms with E-state index in [1.165, 1.54) is 0 Å². The molecule has 1 aromatic carbocycles. The molecule has 0 N–H and O–H groups in total. The summed E-state index contributed by atoms with van der Waals surface area (Å²) in [6.45, 7) is 3.66. The van der Waals surface area contributed by atoms with Crippen molar-refractivity contribution >= 4 is 66.0 Å². The van der Waals surface area contributed by atoms with Gasteiger partial charge in [-0.2, -0.15) is 0 Å². The van der Waals surface area contributed by atoms with Crippen molar-refractivity contribution in [3.8, 4) is 0 Å². The fourth-order valence-electron chi connectivity index (χ4n) is 1.39. The molecule has 0 amide bonds. The lowest BCUT2D eigenvalue weighted by molar-refractivity contribution is 0.699. The zero-order valence-corrected chi connectivity index (χ0v) is 13.7. The standard InChI is InChI=1S/C11H8Br2Cl2N2/c1-11(2,15)10-16-8-6(9(14)17-10)3-5(12)4-7(8)13/h3-4H,1-2H3. The first-order valence-corrected chi connectivity index (χ1v) is 7.15. The predicted molar refractivity (Wildman–Crippen MR) is 78.8 cm³/mol. The highest BCUT2D eigenvalue weighted by atomic mass is 79.9. The summed E-state index contributed by atoms with van der Waals surface area (Å²) in [7, 11) is 0. The Bertz CT molecular complexity index is 594. The molecule has 17 heavy (non-hydrogen) atoms. The molecule has 0 fully saturated rings. The fraction of sp³-hybridized carbons (Fsp3) is 0.273. The fourth-order valence-corrected chi connectivity index (χ4v) is 3.01. The zero-order chi connectivity index (χ0) is 12.8. The van der Waals surface area contributed by atoms with Gasteiger partial charge in [-0.1, -0.05) is 27.5 Å². The molecule has 2 nitrogen and oxygen atoms in total. The molecule has 0 unspecified atom stereocenters. The van der Waals surface area contributed by atoms with Gasteiger partial charge in [0.2, 0.25) is 0 Å².